The van der Waals surface area contributed by atoms with Gasteiger partial charge < -0.3 is 19.7 Å². The van der Waals surface area contributed by atoms with Gasteiger partial charge >= 0.3 is 6.01 Å². The van der Waals surface area contributed by atoms with Crippen LogP contribution in [0.2, 0.25) is 0 Å². The lowest BCUT2D eigenvalue weighted by Gasteiger charge is -2.18. The molecule has 1 rings (SSSR count). The van der Waals surface area contributed by atoms with Crippen LogP contribution < -0.4 is 10.2 Å². The molecule has 0 saturated carbocycles. The van der Waals surface area contributed by atoms with Crippen LogP contribution in [0.25, 0.3) is 0 Å². The van der Waals surface area contributed by atoms with Gasteiger partial charge in [0.15, 0.2) is 0 Å². The van der Waals surface area contributed by atoms with Gasteiger partial charge in [0.25, 0.3) is 0 Å². The number of nitrogens with zero attached hydrogens (tertiary/aromatic N) is 3. The van der Waals surface area contributed by atoms with Gasteiger partial charge in [-0.2, -0.15) is 0 Å². The van der Waals surface area contributed by atoms with Crippen molar-refractivity contribution in [2.75, 3.05) is 24.6 Å². The Balaban J connectivity index is 2.56. The van der Waals surface area contributed by atoms with Crippen LogP contribution >= 0.6 is 0 Å². The van der Waals surface area contributed by atoms with Crippen molar-refractivity contribution >= 4 is 6.01 Å². The molecule has 1 aromatic heterocycles. The van der Waals surface area contributed by atoms with E-state index in [9.17, 15) is 0 Å². The Labute approximate surface area is 108 Å². The molecule has 0 fully saturated rings. The SMILES string of the molecule is CCCCN(CCO)c1nnc(CNC(C)C)o1. The largest absolute Gasteiger partial charge is 0.407 e. The topological polar surface area (TPSA) is 74.4 Å². The molecule has 0 aliphatic rings. The van der Waals surface area contributed by atoms with E-state index in [2.05, 4.69) is 36.3 Å². The van der Waals surface area contributed by atoms with Crippen molar-refractivity contribution in [1.82, 2.24) is 15.5 Å². The minimum Gasteiger partial charge on any atom is -0.407 e. The van der Waals surface area contributed by atoms with Crippen LogP contribution in [-0.2, 0) is 6.54 Å². The maximum Gasteiger partial charge on any atom is 0.318 e. The van der Waals surface area contributed by atoms with Crippen molar-refractivity contribution in [3.63, 3.8) is 0 Å². The molecule has 6 nitrogen and oxygen atoms in total. The summed E-state index contributed by atoms with van der Waals surface area (Å²) in [5, 5.41) is 20.3. The summed E-state index contributed by atoms with van der Waals surface area (Å²) in [5.41, 5.74) is 0. The van der Waals surface area contributed by atoms with Crippen molar-refractivity contribution in [2.24, 2.45) is 0 Å². The number of aliphatic hydroxyl groups is 1. The normalized spacial score (nSPS) is 11.2. The van der Waals surface area contributed by atoms with Crippen molar-refractivity contribution in [3.8, 4) is 0 Å². The highest BCUT2D eigenvalue weighted by Gasteiger charge is 2.13. The number of hydrogen-bond acceptors (Lipinski definition) is 6. The van der Waals surface area contributed by atoms with Crippen LogP contribution in [0.5, 0.6) is 0 Å². The summed E-state index contributed by atoms with van der Waals surface area (Å²) in [6.07, 6.45) is 2.14. The Hall–Kier alpha value is -1.14. The van der Waals surface area contributed by atoms with Crippen LogP contribution in [0.4, 0.5) is 6.01 Å². The Kier molecular flexibility index (Phi) is 6.67. The molecule has 0 bridgehead atoms. The first-order valence-electron chi connectivity index (χ1n) is 6.59. The molecule has 1 aromatic rings. The van der Waals surface area contributed by atoms with Gasteiger partial charge in [-0.1, -0.05) is 32.3 Å². The molecule has 1 heterocycles. The third-order valence-electron chi connectivity index (χ3n) is 2.54. The molecule has 104 valence electrons. The number of anilines is 1. The van der Waals surface area contributed by atoms with Crippen molar-refractivity contribution in [2.45, 2.75) is 46.2 Å². The molecule has 0 unspecified atom stereocenters. The van der Waals surface area contributed by atoms with E-state index >= 15 is 0 Å². The van der Waals surface area contributed by atoms with Gasteiger partial charge in [-0.25, -0.2) is 0 Å². The lowest BCUT2D eigenvalue weighted by atomic mass is 10.3. The highest BCUT2D eigenvalue weighted by atomic mass is 16.4. The van der Waals surface area contributed by atoms with E-state index < -0.39 is 0 Å². The monoisotopic (exact) mass is 256 g/mol. The molecular weight excluding hydrogens is 232 g/mol. The number of nitrogens with one attached hydrogen (secondary N) is 1. The van der Waals surface area contributed by atoms with Gasteiger partial charge in [0.05, 0.1) is 13.2 Å². The van der Waals surface area contributed by atoms with Crippen LogP contribution in [0.3, 0.4) is 0 Å². The molecule has 6 heteroatoms. The number of aliphatic hydroxyl groups excluding tert-OH is 1. The lowest BCUT2D eigenvalue weighted by molar-refractivity contribution is 0.297. The Morgan fingerprint density at radius 2 is 2.11 bits per heavy atom. The molecule has 0 spiro atoms. The highest BCUT2D eigenvalue weighted by molar-refractivity contribution is 5.23. The van der Waals surface area contributed by atoms with Gasteiger partial charge in [-0.3, -0.25) is 0 Å². The Bertz CT molecular complexity index is 328. The van der Waals surface area contributed by atoms with Crippen molar-refractivity contribution < 1.29 is 9.52 Å². The van der Waals surface area contributed by atoms with E-state index in [1.54, 1.807) is 0 Å². The fourth-order valence-electron chi connectivity index (χ4n) is 1.51. The number of hydrogen-bond donors (Lipinski definition) is 2. The van der Waals surface area contributed by atoms with Crippen molar-refractivity contribution in [3.05, 3.63) is 5.89 Å². The number of aromatic nitrogens is 2. The Morgan fingerprint density at radius 1 is 1.33 bits per heavy atom. The van der Waals surface area contributed by atoms with Gasteiger partial charge in [0.1, 0.15) is 0 Å². The second-order valence-corrected chi connectivity index (χ2v) is 4.58. The molecule has 18 heavy (non-hydrogen) atoms. The van der Waals surface area contributed by atoms with E-state index in [1.807, 2.05) is 4.90 Å². The highest BCUT2D eigenvalue weighted by Crippen LogP contribution is 2.12. The van der Waals surface area contributed by atoms with Crippen LogP contribution in [-0.4, -0.2) is 41.0 Å². The molecular formula is C12H24N4O2. The van der Waals surface area contributed by atoms with Crippen LogP contribution in [0.15, 0.2) is 4.42 Å². The maximum absolute atomic E-state index is 9.04. The summed E-state index contributed by atoms with van der Waals surface area (Å²) in [5.74, 6) is 0.582. The summed E-state index contributed by atoms with van der Waals surface area (Å²) < 4.78 is 5.58. The molecule has 0 atom stereocenters. The van der Waals surface area contributed by atoms with Gasteiger partial charge in [-0.05, 0) is 6.42 Å². The van der Waals surface area contributed by atoms with E-state index in [-0.39, 0.29) is 6.61 Å². The van der Waals surface area contributed by atoms with E-state index in [1.165, 1.54) is 0 Å². The zero-order valence-corrected chi connectivity index (χ0v) is 11.5. The quantitative estimate of drug-likeness (QED) is 0.691. The fraction of sp³-hybridized carbons (Fsp3) is 0.833. The average molecular weight is 256 g/mol. The molecule has 2 N–H and O–H groups in total. The lowest BCUT2D eigenvalue weighted by Crippen LogP contribution is -2.28. The zero-order valence-electron chi connectivity index (χ0n) is 11.5. The summed E-state index contributed by atoms with van der Waals surface area (Å²) in [6, 6.07) is 0.882. The third-order valence-corrected chi connectivity index (χ3v) is 2.54. The minimum absolute atomic E-state index is 0.0890. The van der Waals surface area contributed by atoms with Crippen LogP contribution in [0.1, 0.15) is 39.5 Å². The predicted octanol–water partition coefficient (Wildman–Crippen LogP) is 1.17. The van der Waals surface area contributed by atoms with E-state index in [0.717, 1.165) is 19.4 Å². The number of unbranched alkanes of at least 4 members (excludes halogenated alkanes) is 1. The standard InChI is InChI=1S/C12H24N4O2/c1-4-5-6-16(7-8-17)12-15-14-11(18-12)9-13-10(2)3/h10,13,17H,4-9H2,1-3H3. The fourth-order valence-corrected chi connectivity index (χ4v) is 1.51. The average Bonchev–Trinajstić information content (AvgIpc) is 2.80. The van der Waals surface area contributed by atoms with Crippen molar-refractivity contribution in [1.29, 1.82) is 0 Å². The molecule has 0 aromatic carbocycles. The summed E-state index contributed by atoms with van der Waals surface area (Å²) >= 11 is 0. The minimum atomic E-state index is 0.0890. The first-order chi connectivity index (χ1) is 8.67. The van der Waals surface area contributed by atoms with Crippen LogP contribution in [0, 0.1) is 0 Å². The van der Waals surface area contributed by atoms with E-state index in [0.29, 0.717) is 31.0 Å². The van der Waals surface area contributed by atoms with Gasteiger partial charge in [0, 0.05) is 19.1 Å². The molecule has 0 saturated heterocycles. The molecule has 0 amide bonds. The van der Waals surface area contributed by atoms with E-state index in [4.69, 9.17) is 9.52 Å². The summed E-state index contributed by atoms with van der Waals surface area (Å²) in [6.45, 7) is 8.28. The predicted molar refractivity (Wildman–Crippen MR) is 70.5 cm³/mol. The van der Waals surface area contributed by atoms with Gasteiger partial charge in [-0.15, -0.1) is 5.10 Å². The Morgan fingerprint density at radius 3 is 2.72 bits per heavy atom. The number of rotatable bonds is 9. The summed E-state index contributed by atoms with van der Waals surface area (Å²) in [7, 11) is 0. The second-order valence-electron chi connectivity index (χ2n) is 4.58. The summed E-state index contributed by atoms with van der Waals surface area (Å²) in [4.78, 5) is 1.93. The van der Waals surface area contributed by atoms with Gasteiger partial charge in [0.2, 0.25) is 5.89 Å². The maximum atomic E-state index is 9.04. The zero-order chi connectivity index (χ0) is 13.4. The first kappa shape index (κ1) is 14.9. The molecule has 0 aliphatic carbocycles. The smallest absolute Gasteiger partial charge is 0.318 e. The first-order valence-corrected chi connectivity index (χ1v) is 6.59. The third kappa shape index (κ3) is 5.01. The second kappa shape index (κ2) is 8.05. The molecule has 0 radical (unpaired) electrons. The molecule has 0 aliphatic heterocycles.